The monoisotopic (exact) mass is 647 g/mol. The summed E-state index contributed by atoms with van der Waals surface area (Å²) in [6, 6.07) is 42.4. The lowest BCUT2D eigenvalue weighted by molar-refractivity contribution is 0.0751. The molecule has 0 saturated heterocycles. The Bertz CT molecular complexity index is 1860. The molecule has 0 N–H and O–H groups in total. The van der Waals surface area contributed by atoms with Crippen LogP contribution in [0.2, 0.25) is 0 Å². The largest absolute Gasteiger partial charge is 0.489 e. The lowest BCUT2D eigenvalue weighted by Gasteiger charge is -2.38. The van der Waals surface area contributed by atoms with Crippen molar-refractivity contribution in [3.63, 3.8) is 0 Å². The van der Waals surface area contributed by atoms with Crippen LogP contribution in [-0.2, 0) is 36.0 Å². The first-order chi connectivity index (χ1) is 22.6. The van der Waals surface area contributed by atoms with Crippen LogP contribution in [0, 0.1) is 0 Å². The van der Waals surface area contributed by atoms with E-state index in [1.165, 1.54) is 6.07 Å². The molecule has 0 fully saturated rings. The van der Waals surface area contributed by atoms with E-state index in [1.807, 2.05) is 103 Å². The summed E-state index contributed by atoms with van der Waals surface area (Å²) in [4.78, 5) is 16.0. The van der Waals surface area contributed by atoms with Crippen LogP contribution in [0.4, 0.5) is 0 Å². The van der Waals surface area contributed by atoms with Gasteiger partial charge < -0.3 is 9.47 Å². The van der Waals surface area contributed by atoms with E-state index in [0.29, 0.717) is 25.1 Å². The molecule has 0 radical (unpaired) electrons. The zero-order valence-corrected chi connectivity index (χ0v) is 28.0. The van der Waals surface area contributed by atoms with Gasteiger partial charge in [-0.2, -0.15) is 0 Å². The summed E-state index contributed by atoms with van der Waals surface area (Å²) in [5, 5.41) is 0. The molecule has 0 atom stereocenters. The van der Waals surface area contributed by atoms with E-state index in [0.717, 1.165) is 34.3 Å². The van der Waals surface area contributed by atoms with Crippen LogP contribution in [0.5, 0.6) is 11.5 Å². The fourth-order valence-electron chi connectivity index (χ4n) is 5.43. The van der Waals surface area contributed by atoms with Crippen molar-refractivity contribution < 1.29 is 22.7 Å². The molecule has 0 unspecified atom stereocenters. The second-order valence-electron chi connectivity index (χ2n) is 12.4. The molecular weight excluding hydrogens is 607 g/mol. The molecule has 0 saturated carbocycles. The first-order valence-corrected chi connectivity index (χ1v) is 17.5. The molecule has 0 aromatic heterocycles. The Morgan fingerprint density at radius 3 is 1.74 bits per heavy atom. The molecule has 5 aromatic rings. The van der Waals surface area contributed by atoms with Crippen LogP contribution in [0.3, 0.4) is 0 Å². The van der Waals surface area contributed by atoms with Crippen molar-refractivity contribution in [1.82, 2.24) is 4.90 Å². The van der Waals surface area contributed by atoms with Gasteiger partial charge in [0.15, 0.2) is 15.6 Å². The standard InChI is InChI=1S/C40H41NO5S/c1-40(2,26-31-19-22-36(23-20-31)45-29-33-15-9-5-10-16-33)41(27-32-13-7-4-8-14-32)28-37(42)35-21-24-38(39(25-35)47(3,43)44)46-30-34-17-11-6-12-18-34/h4-25H,26-30H2,1-3H3. The van der Waals surface area contributed by atoms with Crippen LogP contribution in [0.1, 0.15) is 46.5 Å². The van der Waals surface area contributed by atoms with Crippen molar-refractivity contribution in [3.05, 3.63) is 161 Å². The van der Waals surface area contributed by atoms with Crippen molar-refractivity contribution in [3.8, 4) is 11.5 Å². The van der Waals surface area contributed by atoms with Crippen LogP contribution in [0.15, 0.2) is 138 Å². The highest BCUT2D eigenvalue weighted by molar-refractivity contribution is 7.90. The minimum Gasteiger partial charge on any atom is -0.489 e. The van der Waals surface area contributed by atoms with Crippen LogP contribution in [-0.4, -0.2) is 37.4 Å². The van der Waals surface area contributed by atoms with Crippen LogP contribution < -0.4 is 9.47 Å². The van der Waals surface area contributed by atoms with E-state index in [9.17, 15) is 13.2 Å². The predicted octanol–water partition coefficient (Wildman–Crippen LogP) is 7.95. The van der Waals surface area contributed by atoms with Gasteiger partial charge in [0.2, 0.25) is 0 Å². The molecule has 0 aliphatic heterocycles. The average molecular weight is 648 g/mol. The molecule has 47 heavy (non-hydrogen) atoms. The fourth-order valence-corrected chi connectivity index (χ4v) is 6.27. The maximum absolute atomic E-state index is 13.9. The number of hydrogen-bond acceptors (Lipinski definition) is 6. The highest BCUT2D eigenvalue weighted by atomic mass is 32.2. The number of rotatable bonds is 15. The Morgan fingerprint density at radius 1 is 0.660 bits per heavy atom. The highest BCUT2D eigenvalue weighted by Crippen LogP contribution is 2.29. The molecular formula is C40H41NO5S. The third-order valence-corrected chi connectivity index (χ3v) is 9.24. The van der Waals surface area contributed by atoms with Gasteiger partial charge in [-0.05, 0) is 72.9 Å². The molecule has 0 spiro atoms. The Hall–Kier alpha value is -4.72. The quantitative estimate of drug-likeness (QED) is 0.107. The SMILES string of the molecule is CC(C)(Cc1ccc(OCc2ccccc2)cc1)N(CC(=O)c1ccc(OCc2ccccc2)c(S(C)(=O)=O)c1)Cc1ccccc1. The first kappa shape index (κ1) is 33.6. The smallest absolute Gasteiger partial charge is 0.179 e. The molecule has 7 heteroatoms. The third kappa shape index (κ3) is 9.64. The predicted molar refractivity (Wildman–Crippen MR) is 187 cm³/mol. The fraction of sp³-hybridized carbons (Fsp3) is 0.225. The number of ketones is 1. The van der Waals surface area contributed by atoms with E-state index in [2.05, 4.69) is 30.9 Å². The van der Waals surface area contributed by atoms with Gasteiger partial charge in [-0.15, -0.1) is 0 Å². The summed E-state index contributed by atoms with van der Waals surface area (Å²) < 4.78 is 37.5. The van der Waals surface area contributed by atoms with E-state index < -0.39 is 15.4 Å². The molecule has 5 rings (SSSR count). The van der Waals surface area contributed by atoms with E-state index in [1.54, 1.807) is 12.1 Å². The molecule has 0 aliphatic rings. The Morgan fingerprint density at radius 2 is 1.19 bits per heavy atom. The van der Waals surface area contributed by atoms with Gasteiger partial charge in [-0.3, -0.25) is 9.69 Å². The molecule has 0 amide bonds. The third-order valence-electron chi connectivity index (χ3n) is 8.12. The van der Waals surface area contributed by atoms with E-state index >= 15 is 0 Å². The highest BCUT2D eigenvalue weighted by Gasteiger charge is 2.30. The van der Waals surface area contributed by atoms with Crippen LogP contribution >= 0.6 is 0 Å². The van der Waals surface area contributed by atoms with Gasteiger partial charge in [-0.1, -0.05) is 103 Å². The number of nitrogens with zero attached hydrogens (tertiary/aromatic N) is 1. The lowest BCUT2D eigenvalue weighted by atomic mass is 9.91. The van der Waals surface area contributed by atoms with Gasteiger partial charge in [0.1, 0.15) is 29.6 Å². The summed E-state index contributed by atoms with van der Waals surface area (Å²) in [6.45, 7) is 5.63. The van der Waals surface area contributed by atoms with Crippen molar-refractivity contribution >= 4 is 15.6 Å². The van der Waals surface area contributed by atoms with Crippen LogP contribution in [0.25, 0.3) is 0 Å². The second kappa shape index (κ2) is 15.2. The maximum atomic E-state index is 13.9. The number of sulfone groups is 1. The normalized spacial score (nSPS) is 11.7. The van der Waals surface area contributed by atoms with Crippen molar-refractivity contribution in [1.29, 1.82) is 0 Å². The Kier molecular flexibility index (Phi) is 10.9. The lowest BCUT2D eigenvalue weighted by Crippen LogP contribution is -2.47. The number of benzene rings is 5. The number of carbonyl (C=O) groups excluding carboxylic acids is 1. The topological polar surface area (TPSA) is 72.9 Å². The minimum atomic E-state index is -3.66. The summed E-state index contributed by atoms with van der Waals surface area (Å²) in [6.07, 6.45) is 1.82. The first-order valence-electron chi connectivity index (χ1n) is 15.7. The van der Waals surface area contributed by atoms with Gasteiger partial charge in [0.25, 0.3) is 0 Å². The summed E-state index contributed by atoms with van der Waals surface area (Å²) in [7, 11) is -3.66. The Labute approximate surface area is 278 Å². The molecule has 5 aromatic carbocycles. The van der Waals surface area contributed by atoms with Gasteiger partial charge in [0, 0.05) is 23.9 Å². The molecule has 242 valence electrons. The van der Waals surface area contributed by atoms with Gasteiger partial charge in [0.05, 0.1) is 6.54 Å². The van der Waals surface area contributed by atoms with Crippen molar-refractivity contribution in [2.45, 2.75) is 50.5 Å². The molecule has 0 heterocycles. The van der Waals surface area contributed by atoms with Crippen molar-refractivity contribution in [2.75, 3.05) is 12.8 Å². The van der Waals surface area contributed by atoms with E-state index in [-0.39, 0.29) is 29.6 Å². The average Bonchev–Trinajstić information content (AvgIpc) is 3.07. The maximum Gasteiger partial charge on any atom is 0.179 e. The molecule has 0 bridgehead atoms. The minimum absolute atomic E-state index is 0.00252. The molecule has 0 aliphatic carbocycles. The van der Waals surface area contributed by atoms with E-state index in [4.69, 9.17) is 9.47 Å². The number of hydrogen-bond donors (Lipinski definition) is 0. The van der Waals surface area contributed by atoms with Crippen molar-refractivity contribution in [2.24, 2.45) is 0 Å². The summed E-state index contributed by atoms with van der Waals surface area (Å²) in [5.74, 6) is 0.855. The zero-order valence-electron chi connectivity index (χ0n) is 27.1. The second-order valence-corrected chi connectivity index (χ2v) is 14.4. The molecule has 6 nitrogen and oxygen atoms in total. The zero-order chi connectivity index (χ0) is 33.3. The summed E-state index contributed by atoms with van der Waals surface area (Å²) in [5.41, 5.74) is 4.13. The number of Topliss-reactive ketones (excluding diaryl/α,β-unsaturated/α-hetero) is 1. The van der Waals surface area contributed by atoms with Gasteiger partial charge in [-0.25, -0.2) is 8.42 Å². The number of ether oxygens (including phenoxy) is 2. The van der Waals surface area contributed by atoms with Gasteiger partial charge >= 0.3 is 0 Å². The summed E-state index contributed by atoms with van der Waals surface area (Å²) >= 11 is 0. The number of carbonyl (C=O) groups is 1. The Balaban J connectivity index is 1.33.